The van der Waals surface area contributed by atoms with E-state index in [2.05, 4.69) is 9.80 Å². The van der Waals surface area contributed by atoms with Gasteiger partial charge in [0.2, 0.25) is 0 Å². The van der Waals surface area contributed by atoms with Crippen molar-refractivity contribution in [3.63, 3.8) is 0 Å². The van der Waals surface area contributed by atoms with E-state index < -0.39 is 11.8 Å². The molecule has 3 saturated heterocycles. The van der Waals surface area contributed by atoms with Gasteiger partial charge in [0.25, 0.3) is 0 Å². The lowest BCUT2D eigenvalue weighted by molar-refractivity contribution is -0.0268. The van der Waals surface area contributed by atoms with Crippen molar-refractivity contribution in [1.82, 2.24) is 14.7 Å². The summed E-state index contributed by atoms with van der Waals surface area (Å²) in [6.45, 7) is 11.0. The molecule has 3 fully saturated rings. The summed E-state index contributed by atoms with van der Waals surface area (Å²) in [6, 6.07) is 1.01. The van der Waals surface area contributed by atoms with Crippen molar-refractivity contribution in [2.45, 2.75) is 70.3 Å². The van der Waals surface area contributed by atoms with Crippen molar-refractivity contribution in [2.24, 2.45) is 0 Å². The first-order valence-corrected chi connectivity index (χ1v) is 9.42. The van der Waals surface area contributed by atoms with Crippen molar-refractivity contribution in [1.29, 1.82) is 0 Å². The number of piperidine rings is 2. The summed E-state index contributed by atoms with van der Waals surface area (Å²) >= 11 is 0. The van der Waals surface area contributed by atoms with E-state index in [0.717, 1.165) is 58.4 Å². The van der Waals surface area contributed by atoms with Crippen LogP contribution in [-0.4, -0.2) is 83.9 Å². The fourth-order valence-corrected chi connectivity index (χ4v) is 4.06. The number of rotatable bonds is 2. The van der Waals surface area contributed by atoms with E-state index in [4.69, 9.17) is 4.74 Å². The van der Waals surface area contributed by atoms with Gasteiger partial charge in [-0.2, -0.15) is 0 Å². The van der Waals surface area contributed by atoms with Gasteiger partial charge < -0.3 is 9.64 Å². The van der Waals surface area contributed by atoms with Crippen LogP contribution in [0.2, 0.25) is 0 Å². The number of alkyl halides is 1. The molecular weight excluding hydrogens is 309 g/mol. The third kappa shape index (κ3) is 4.39. The molecule has 0 saturated carbocycles. The lowest BCUT2D eigenvalue weighted by atomic mass is 9.96. The molecule has 0 aromatic heterocycles. The molecule has 138 valence electrons. The van der Waals surface area contributed by atoms with Gasteiger partial charge in [0.1, 0.15) is 11.8 Å². The Balaban J connectivity index is 1.38. The molecule has 0 aromatic carbocycles. The molecule has 1 atom stereocenters. The summed E-state index contributed by atoms with van der Waals surface area (Å²) in [5.41, 5.74) is -0.427. The Morgan fingerprint density at radius 2 is 1.62 bits per heavy atom. The lowest BCUT2D eigenvalue weighted by Crippen LogP contribution is -2.63. The van der Waals surface area contributed by atoms with Crippen molar-refractivity contribution < 1.29 is 13.9 Å². The van der Waals surface area contributed by atoms with Gasteiger partial charge >= 0.3 is 6.09 Å². The molecule has 1 amide bonds. The normalized spacial score (nSPS) is 28.7. The highest BCUT2D eigenvalue weighted by Gasteiger charge is 2.39. The van der Waals surface area contributed by atoms with Crippen molar-refractivity contribution in [3.8, 4) is 0 Å². The zero-order valence-corrected chi connectivity index (χ0v) is 15.3. The SMILES string of the molecule is CC(C)(C)OC(=O)N1CC(N2CCC(N3CCC[C@@H](F)C3)CC2)C1. The smallest absolute Gasteiger partial charge is 0.410 e. The summed E-state index contributed by atoms with van der Waals surface area (Å²) in [6.07, 6.45) is 3.14. The molecular formula is C18H32FN3O2. The maximum Gasteiger partial charge on any atom is 0.410 e. The highest BCUT2D eigenvalue weighted by molar-refractivity contribution is 5.69. The minimum Gasteiger partial charge on any atom is -0.444 e. The molecule has 3 aliphatic rings. The molecule has 0 bridgehead atoms. The van der Waals surface area contributed by atoms with Gasteiger partial charge in [0.05, 0.1) is 0 Å². The molecule has 0 aliphatic carbocycles. The van der Waals surface area contributed by atoms with Gasteiger partial charge in [0, 0.05) is 44.8 Å². The summed E-state index contributed by atoms with van der Waals surface area (Å²) in [5.74, 6) is 0. The first-order valence-electron chi connectivity index (χ1n) is 9.42. The van der Waals surface area contributed by atoms with Crippen LogP contribution in [0.25, 0.3) is 0 Å². The second-order valence-corrected chi connectivity index (χ2v) is 8.54. The Bertz CT molecular complexity index is 440. The number of hydrogen-bond acceptors (Lipinski definition) is 4. The number of nitrogens with zero attached hydrogens (tertiary/aromatic N) is 3. The standard InChI is InChI=1S/C18H32FN3O2/c1-18(2,3)24-17(23)22-12-16(13-22)20-9-6-15(7-10-20)21-8-4-5-14(19)11-21/h14-16H,4-13H2,1-3H3/t14-/m1/s1. The van der Waals surface area contributed by atoms with Crippen LogP contribution in [0.5, 0.6) is 0 Å². The first-order chi connectivity index (χ1) is 11.3. The number of amides is 1. The van der Waals surface area contributed by atoms with E-state index in [0.29, 0.717) is 18.6 Å². The van der Waals surface area contributed by atoms with Crippen molar-refractivity contribution in [2.75, 3.05) is 39.3 Å². The quantitative estimate of drug-likeness (QED) is 0.773. The van der Waals surface area contributed by atoms with Gasteiger partial charge in [-0.25, -0.2) is 9.18 Å². The summed E-state index contributed by atoms with van der Waals surface area (Å²) in [7, 11) is 0. The van der Waals surface area contributed by atoms with Crippen LogP contribution in [-0.2, 0) is 4.74 Å². The lowest BCUT2D eigenvalue weighted by Gasteiger charge is -2.49. The number of hydrogen-bond donors (Lipinski definition) is 0. The number of ether oxygens (including phenoxy) is 1. The maximum atomic E-state index is 13.6. The third-order valence-electron chi connectivity index (χ3n) is 5.44. The molecule has 3 aliphatic heterocycles. The van der Waals surface area contributed by atoms with Gasteiger partial charge in [-0.3, -0.25) is 9.80 Å². The highest BCUT2D eigenvalue weighted by Crippen LogP contribution is 2.26. The van der Waals surface area contributed by atoms with Crippen molar-refractivity contribution in [3.05, 3.63) is 0 Å². The van der Waals surface area contributed by atoms with Crippen LogP contribution < -0.4 is 0 Å². The van der Waals surface area contributed by atoms with Gasteiger partial charge in [-0.1, -0.05) is 0 Å². The molecule has 0 spiro atoms. The molecule has 24 heavy (non-hydrogen) atoms. The Morgan fingerprint density at radius 1 is 0.958 bits per heavy atom. The molecule has 3 rings (SSSR count). The monoisotopic (exact) mass is 341 g/mol. The average molecular weight is 341 g/mol. The van der Waals surface area contributed by atoms with Gasteiger partial charge in [0.15, 0.2) is 0 Å². The average Bonchev–Trinajstić information content (AvgIpc) is 2.44. The van der Waals surface area contributed by atoms with Crippen LogP contribution in [0.1, 0.15) is 46.5 Å². The van der Waals surface area contributed by atoms with Crippen LogP contribution in [0.4, 0.5) is 9.18 Å². The fourth-order valence-electron chi connectivity index (χ4n) is 4.06. The molecule has 0 radical (unpaired) electrons. The predicted octanol–water partition coefficient (Wildman–Crippen LogP) is 2.50. The predicted molar refractivity (Wildman–Crippen MR) is 91.9 cm³/mol. The zero-order chi connectivity index (χ0) is 17.3. The molecule has 0 unspecified atom stereocenters. The highest BCUT2D eigenvalue weighted by atomic mass is 19.1. The summed E-state index contributed by atoms with van der Waals surface area (Å²) < 4.78 is 19.0. The first kappa shape index (κ1) is 17.9. The third-order valence-corrected chi connectivity index (χ3v) is 5.44. The minimum atomic E-state index is -0.634. The van der Waals surface area contributed by atoms with E-state index in [1.807, 2.05) is 20.8 Å². The van der Waals surface area contributed by atoms with E-state index in [-0.39, 0.29) is 6.09 Å². The zero-order valence-electron chi connectivity index (χ0n) is 15.3. The van der Waals surface area contributed by atoms with Crippen LogP contribution in [0.3, 0.4) is 0 Å². The summed E-state index contributed by atoms with van der Waals surface area (Å²) in [5, 5.41) is 0. The van der Waals surface area contributed by atoms with Crippen LogP contribution in [0.15, 0.2) is 0 Å². The molecule has 0 N–H and O–H groups in total. The minimum absolute atomic E-state index is 0.198. The van der Waals surface area contributed by atoms with E-state index in [1.54, 1.807) is 4.90 Å². The van der Waals surface area contributed by atoms with Crippen LogP contribution in [0, 0.1) is 0 Å². The summed E-state index contributed by atoms with van der Waals surface area (Å²) in [4.78, 5) is 18.6. The maximum absolute atomic E-state index is 13.6. The van der Waals surface area contributed by atoms with E-state index in [9.17, 15) is 9.18 Å². The number of likely N-dealkylation sites (tertiary alicyclic amines) is 3. The topological polar surface area (TPSA) is 36.0 Å². The van der Waals surface area contributed by atoms with E-state index >= 15 is 0 Å². The molecule has 0 aromatic rings. The largest absolute Gasteiger partial charge is 0.444 e. The Hall–Kier alpha value is -0.880. The van der Waals surface area contributed by atoms with Gasteiger partial charge in [-0.15, -0.1) is 0 Å². The van der Waals surface area contributed by atoms with E-state index in [1.165, 1.54) is 0 Å². The Morgan fingerprint density at radius 3 is 2.21 bits per heavy atom. The fraction of sp³-hybridized carbons (Fsp3) is 0.944. The van der Waals surface area contributed by atoms with Crippen LogP contribution >= 0.6 is 0 Å². The molecule has 6 heteroatoms. The second-order valence-electron chi connectivity index (χ2n) is 8.54. The Kier molecular flexibility index (Phi) is 5.35. The molecule has 5 nitrogen and oxygen atoms in total. The van der Waals surface area contributed by atoms with Gasteiger partial charge in [-0.05, 0) is 53.0 Å². The number of carbonyl (C=O) groups is 1. The molecule has 3 heterocycles. The van der Waals surface area contributed by atoms with Crippen molar-refractivity contribution >= 4 is 6.09 Å². The number of carbonyl (C=O) groups excluding carboxylic acids is 1. The number of halogens is 1. The Labute approximate surface area is 145 Å². The second kappa shape index (κ2) is 7.16.